The molecule has 0 spiro atoms. The third-order valence-corrected chi connectivity index (χ3v) is 3.72. The molecule has 1 aromatic rings. The lowest BCUT2D eigenvalue weighted by Crippen LogP contribution is -2.14. The van der Waals surface area contributed by atoms with Gasteiger partial charge in [0.25, 0.3) is 0 Å². The van der Waals surface area contributed by atoms with Crippen molar-refractivity contribution in [3.05, 3.63) is 29.8 Å². The summed E-state index contributed by atoms with van der Waals surface area (Å²) >= 11 is 6.89. The van der Waals surface area contributed by atoms with Gasteiger partial charge in [-0.2, -0.15) is 11.8 Å². The fraction of sp³-hybridized carbons (Fsp3) is 0.417. The molecule has 0 amide bonds. The molecule has 0 aliphatic carbocycles. The van der Waals surface area contributed by atoms with E-state index in [0.29, 0.717) is 10.2 Å². The number of nitrogens with two attached hydrogens (primary N) is 1. The molecule has 3 N–H and O–H groups in total. The van der Waals surface area contributed by atoms with Gasteiger partial charge in [-0.25, -0.2) is 0 Å². The van der Waals surface area contributed by atoms with Crippen molar-refractivity contribution in [1.29, 1.82) is 0 Å². The van der Waals surface area contributed by atoms with Crippen molar-refractivity contribution in [2.45, 2.75) is 18.6 Å². The fourth-order valence-electron chi connectivity index (χ4n) is 1.38. The maximum absolute atomic E-state index is 5.66. The van der Waals surface area contributed by atoms with Gasteiger partial charge in [0.05, 0.1) is 0 Å². The van der Waals surface area contributed by atoms with Crippen LogP contribution in [0.4, 0.5) is 5.69 Å². The molecule has 0 aliphatic rings. The van der Waals surface area contributed by atoms with Crippen LogP contribution in [0.15, 0.2) is 24.3 Å². The number of hydrogen-bond donors (Lipinski definition) is 2. The standard InChI is InChI=1S/C12H18N2S2/c1-9(16-2)7-8-14-11-6-4-3-5-10(11)12(13)15/h3-6,9,14H,7-8H2,1-2H3,(H2,13,15). The molecule has 0 aliphatic heterocycles. The molecule has 0 radical (unpaired) electrons. The molecule has 16 heavy (non-hydrogen) atoms. The third-order valence-electron chi connectivity index (χ3n) is 2.46. The molecule has 1 rings (SSSR count). The zero-order valence-corrected chi connectivity index (χ0v) is 11.3. The number of thioether (sulfide) groups is 1. The molecule has 1 atom stereocenters. The van der Waals surface area contributed by atoms with E-state index in [-0.39, 0.29) is 0 Å². The van der Waals surface area contributed by atoms with Gasteiger partial charge in [0.2, 0.25) is 0 Å². The predicted octanol–water partition coefficient (Wildman–Crippen LogP) is 2.87. The summed E-state index contributed by atoms with van der Waals surface area (Å²) in [5, 5.41) is 4.05. The second-order valence-electron chi connectivity index (χ2n) is 3.67. The van der Waals surface area contributed by atoms with Crippen LogP contribution in [0.2, 0.25) is 0 Å². The minimum atomic E-state index is 0.445. The summed E-state index contributed by atoms with van der Waals surface area (Å²) in [7, 11) is 0. The summed E-state index contributed by atoms with van der Waals surface area (Å²) in [6.45, 7) is 3.17. The Bertz CT molecular complexity index is 353. The highest BCUT2D eigenvalue weighted by atomic mass is 32.2. The smallest absolute Gasteiger partial charge is 0.106 e. The number of thiocarbonyl (C=S) groups is 1. The summed E-state index contributed by atoms with van der Waals surface area (Å²) in [6, 6.07) is 7.90. The van der Waals surface area contributed by atoms with Crippen LogP contribution in [0, 0.1) is 0 Å². The van der Waals surface area contributed by atoms with Crippen LogP contribution in [0.5, 0.6) is 0 Å². The van der Waals surface area contributed by atoms with Crippen LogP contribution in [-0.2, 0) is 0 Å². The Hall–Kier alpha value is -0.740. The van der Waals surface area contributed by atoms with Crippen molar-refractivity contribution in [3.63, 3.8) is 0 Å². The van der Waals surface area contributed by atoms with Crippen molar-refractivity contribution >= 4 is 34.7 Å². The number of nitrogens with one attached hydrogen (secondary N) is 1. The largest absolute Gasteiger partial charge is 0.389 e. The summed E-state index contributed by atoms with van der Waals surface area (Å²) < 4.78 is 0. The number of hydrogen-bond acceptors (Lipinski definition) is 3. The van der Waals surface area contributed by atoms with Gasteiger partial charge in [0.15, 0.2) is 0 Å². The molecule has 88 valence electrons. The third kappa shape index (κ3) is 4.02. The lowest BCUT2D eigenvalue weighted by Gasteiger charge is -2.13. The van der Waals surface area contributed by atoms with Crippen molar-refractivity contribution in [2.75, 3.05) is 18.1 Å². The van der Waals surface area contributed by atoms with Gasteiger partial charge in [-0.05, 0) is 24.8 Å². The number of para-hydroxylation sites is 1. The van der Waals surface area contributed by atoms with E-state index in [1.807, 2.05) is 36.0 Å². The Labute approximate surface area is 107 Å². The highest BCUT2D eigenvalue weighted by Crippen LogP contribution is 2.16. The highest BCUT2D eigenvalue weighted by molar-refractivity contribution is 7.99. The van der Waals surface area contributed by atoms with E-state index in [2.05, 4.69) is 18.5 Å². The molecule has 1 aromatic carbocycles. The van der Waals surface area contributed by atoms with Gasteiger partial charge in [-0.15, -0.1) is 0 Å². The summed E-state index contributed by atoms with van der Waals surface area (Å²) in [4.78, 5) is 0.445. The zero-order chi connectivity index (χ0) is 12.0. The van der Waals surface area contributed by atoms with Crippen LogP contribution in [0.25, 0.3) is 0 Å². The van der Waals surface area contributed by atoms with E-state index in [9.17, 15) is 0 Å². The summed E-state index contributed by atoms with van der Waals surface area (Å²) in [6.07, 6.45) is 3.26. The Kier molecular flexibility index (Phi) is 5.63. The Balaban J connectivity index is 2.56. The van der Waals surface area contributed by atoms with E-state index in [0.717, 1.165) is 24.2 Å². The minimum Gasteiger partial charge on any atom is -0.389 e. The molecule has 4 heteroatoms. The van der Waals surface area contributed by atoms with Gasteiger partial charge < -0.3 is 11.1 Å². The second kappa shape index (κ2) is 6.76. The normalized spacial score (nSPS) is 12.1. The zero-order valence-electron chi connectivity index (χ0n) is 9.69. The number of benzene rings is 1. The first-order valence-corrected chi connectivity index (χ1v) is 7.00. The molecule has 0 saturated heterocycles. The molecule has 0 fully saturated rings. The van der Waals surface area contributed by atoms with Crippen LogP contribution in [-0.4, -0.2) is 23.0 Å². The first-order chi connectivity index (χ1) is 7.65. The Morgan fingerprint density at radius 2 is 2.19 bits per heavy atom. The molecule has 0 bridgehead atoms. The molecular formula is C12H18N2S2. The van der Waals surface area contributed by atoms with Crippen LogP contribution in [0.3, 0.4) is 0 Å². The van der Waals surface area contributed by atoms with Crippen molar-refractivity contribution in [3.8, 4) is 0 Å². The molecule has 0 saturated carbocycles. The molecule has 0 heterocycles. The van der Waals surface area contributed by atoms with Crippen molar-refractivity contribution < 1.29 is 0 Å². The Morgan fingerprint density at radius 3 is 2.81 bits per heavy atom. The van der Waals surface area contributed by atoms with Crippen LogP contribution < -0.4 is 11.1 Å². The van der Waals surface area contributed by atoms with E-state index in [4.69, 9.17) is 18.0 Å². The van der Waals surface area contributed by atoms with E-state index >= 15 is 0 Å². The minimum absolute atomic E-state index is 0.445. The van der Waals surface area contributed by atoms with Crippen LogP contribution >= 0.6 is 24.0 Å². The average Bonchev–Trinajstić information content (AvgIpc) is 2.29. The monoisotopic (exact) mass is 254 g/mol. The topological polar surface area (TPSA) is 38.0 Å². The lowest BCUT2D eigenvalue weighted by molar-refractivity contribution is 0.853. The number of rotatable bonds is 6. The molecule has 0 aromatic heterocycles. The second-order valence-corrected chi connectivity index (χ2v) is 5.39. The quantitative estimate of drug-likeness (QED) is 0.766. The van der Waals surface area contributed by atoms with Gasteiger partial charge in [0.1, 0.15) is 4.99 Å². The molecular weight excluding hydrogens is 236 g/mol. The first-order valence-electron chi connectivity index (χ1n) is 5.30. The SMILES string of the molecule is CSC(C)CCNc1ccccc1C(N)=S. The van der Waals surface area contributed by atoms with Crippen molar-refractivity contribution in [2.24, 2.45) is 5.73 Å². The predicted molar refractivity (Wildman–Crippen MR) is 78.4 cm³/mol. The van der Waals surface area contributed by atoms with Gasteiger partial charge >= 0.3 is 0 Å². The van der Waals surface area contributed by atoms with E-state index in [1.165, 1.54) is 0 Å². The molecule has 1 unspecified atom stereocenters. The van der Waals surface area contributed by atoms with E-state index < -0.39 is 0 Å². The summed E-state index contributed by atoms with van der Waals surface area (Å²) in [5.74, 6) is 0. The van der Waals surface area contributed by atoms with Gasteiger partial charge in [0, 0.05) is 23.0 Å². The van der Waals surface area contributed by atoms with Gasteiger partial charge in [-0.1, -0.05) is 31.3 Å². The van der Waals surface area contributed by atoms with Crippen molar-refractivity contribution in [1.82, 2.24) is 0 Å². The lowest BCUT2D eigenvalue weighted by atomic mass is 10.1. The fourth-order valence-corrected chi connectivity index (χ4v) is 1.91. The van der Waals surface area contributed by atoms with E-state index in [1.54, 1.807) is 0 Å². The van der Waals surface area contributed by atoms with Gasteiger partial charge in [-0.3, -0.25) is 0 Å². The van der Waals surface area contributed by atoms with Crippen LogP contribution in [0.1, 0.15) is 18.9 Å². The highest BCUT2D eigenvalue weighted by Gasteiger charge is 2.04. The maximum Gasteiger partial charge on any atom is 0.106 e. The molecule has 2 nitrogen and oxygen atoms in total. The summed E-state index contributed by atoms with van der Waals surface area (Å²) in [5.41, 5.74) is 7.62. The first kappa shape index (κ1) is 13.3. The Morgan fingerprint density at radius 1 is 1.50 bits per heavy atom. The maximum atomic E-state index is 5.66. The average molecular weight is 254 g/mol. The number of anilines is 1.